The molecule has 2 aromatic carbocycles. The Morgan fingerprint density at radius 2 is 1.70 bits per heavy atom. The Kier molecular flexibility index (Phi) is 6.83. The first kappa shape index (κ1) is 22.3. The molecule has 2 N–H and O–H groups in total. The molecule has 0 unspecified atom stereocenters. The zero-order valence-electron chi connectivity index (χ0n) is 17.8. The van der Waals surface area contributed by atoms with Crippen LogP contribution in [0.3, 0.4) is 0 Å². The third-order valence-corrected chi connectivity index (χ3v) is 5.41. The number of carbonyl (C=O) groups is 3. The minimum absolute atomic E-state index is 0.0848. The third-order valence-electron chi connectivity index (χ3n) is 5.41. The van der Waals surface area contributed by atoms with Gasteiger partial charge in [0.25, 0.3) is 11.8 Å². The highest BCUT2D eigenvalue weighted by molar-refractivity contribution is 6.04. The number of hydrogen-bond acceptors (Lipinski definition) is 5. The smallest absolute Gasteiger partial charge is 0.374 e. The Bertz CT molecular complexity index is 1150. The van der Waals surface area contributed by atoms with E-state index < -0.39 is 18.5 Å². The number of halogens is 1. The molecule has 4 rings (SSSR count). The molecule has 1 heterocycles. The SMILES string of the molecule is O=C(COC(=O)c1ccc(-c2ccc(F)cc2)o1)Nc1ccccc1C(=O)NC1CCCC1. The fourth-order valence-corrected chi connectivity index (χ4v) is 3.73. The van der Waals surface area contributed by atoms with Crippen LogP contribution in [-0.2, 0) is 9.53 Å². The van der Waals surface area contributed by atoms with E-state index in [0.717, 1.165) is 25.7 Å². The summed E-state index contributed by atoms with van der Waals surface area (Å²) in [6.45, 7) is -0.552. The van der Waals surface area contributed by atoms with Gasteiger partial charge in [-0.2, -0.15) is 0 Å². The third kappa shape index (κ3) is 5.65. The first-order valence-corrected chi connectivity index (χ1v) is 10.7. The van der Waals surface area contributed by atoms with Crippen LogP contribution in [0.15, 0.2) is 65.1 Å². The van der Waals surface area contributed by atoms with Crippen molar-refractivity contribution in [2.75, 3.05) is 11.9 Å². The van der Waals surface area contributed by atoms with Crippen LogP contribution in [0, 0.1) is 5.82 Å². The lowest BCUT2D eigenvalue weighted by Gasteiger charge is -2.15. The van der Waals surface area contributed by atoms with Crippen molar-refractivity contribution < 1.29 is 27.9 Å². The average molecular weight is 450 g/mol. The van der Waals surface area contributed by atoms with E-state index in [1.54, 1.807) is 30.3 Å². The van der Waals surface area contributed by atoms with Crippen LogP contribution in [0.5, 0.6) is 0 Å². The summed E-state index contributed by atoms with van der Waals surface area (Å²) in [5.41, 5.74) is 1.28. The molecule has 1 fully saturated rings. The molecule has 170 valence electrons. The second kappa shape index (κ2) is 10.1. The van der Waals surface area contributed by atoms with Gasteiger partial charge in [-0.25, -0.2) is 9.18 Å². The Labute approximate surface area is 189 Å². The summed E-state index contributed by atoms with van der Waals surface area (Å²) in [5.74, 6) is -1.75. The number of rotatable bonds is 7. The van der Waals surface area contributed by atoms with Crippen LogP contribution in [0.25, 0.3) is 11.3 Å². The lowest BCUT2D eigenvalue weighted by atomic mass is 10.1. The molecule has 0 aliphatic heterocycles. The molecule has 1 aromatic heterocycles. The number of hydrogen-bond donors (Lipinski definition) is 2. The maximum atomic E-state index is 13.1. The predicted octanol–water partition coefficient (Wildman–Crippen LogP) is 4.55. The predicted molar refractivity (Wildman–Crippen MR) is 119 cm³/mol. The van der Waals surface area contributed by atoms with Gasteiger partial charge in [0, 0.05) is 11.6 Å². The van der Waals surface area contributed by atoms with Crippen molar-refractivity contribution in [3.8, 4) is 11.3 Å². The fraction of sp³-hybridized carbons (Fsp3) is 0.240. The molecule has 0 saturated heterocycles. The minimum atomic E-state index is -0.814. The summed E-state index contributed by atoms with van der Waals surface area (Å²) < 4.78 is 23.6. The number of anilines is 1. The Balaban J connectivity index is 1.33. The summed E-state index contributed by atoms with van der Waals surface area (Å²) in [4.78, 5) is 37.2. The van der Waals surface area contributed by atoms with Crippen LogP contribution >= 0.6 is 0 Å². The summed E-state index contributed by atoms with van der Waals surface area (Å²) in [6, 6.07) is 15.4. The first-order valence-electron chi connectivity index (χ1n) is 10.7. The van der Waals surface area contributed by atoms with Gasteiger partial charge in [0.1, 0.15) is 11.6 Å². The van der Waals surface area contributed by atoms with Gasteiger partial charge in [0.2, 0.25) is 5.76 Å². The topological polar surface area (TPSA) is 97.6 Å². The number of amides is 2. The zero-order chi connectivity index (χ0) is 23.2. The van der Waals surface area contributed by atoms with Crippen molar-refractivity contribution in [3.05, 3.63) is 77.8 Å². The van der Waals surface area contributed by atoms with E-state index in [1.165, 1.54) is 30.3 Å². The zero-order valence-corrected chi connectivity index (χ0v) is 17.8. The molecule has 3 aromatic rings. The summed E-state index contributed by atoms with van der Waals surface area (Å²) in [7, 11) is 0. The molecule has 33 heavy (non-hydrogen) atoms. The lowest BCUT2D eigenvalue weighted by Crippen LogP contribution is -2.33. The van der Waals surface area contributed by atoms with Crippen LogP contribution in [0.1, 0.15) is 46.6 Å². The highest BCUT2D eigenvalue weighted by atomic mass is 19.1. The number of para-hydroxylation sites is 1. The van der Waals surface area contributed by atoms with E-state index in [2.05, 4.69) is 10.6 Å². The van der Waals surface area contributed by atoms with Crippen molar-refractivity contribution in [1.29, 1.82) is 0 Å². The highest BCUT2D eigenvalue weighted by Crippen LogP contribution is 2.23. The van der Waals surface area contributed by atoms with Crippen molar-refractivity contribution in [2.45, 2.75) is 31.7 Å². The van der Waals surface area contributed by atoms with Gasteiger partial charge in [0.15, 0.2) is 6.61 Å². The van der Waals surface area contributed by atoms with Crippen LogP contribution in [0.2, 0.25) is 0 Å². The van der Waals surface area contributed by atoms with Gasteiger partial charge < -0.3 is 19.8 Å². The van der Waals surface area contributed by atoms with Crippen molar-refractivity contribution in [2.24, 2.45) is 0 Å². The maximum absolute atomic E-state index is 13.1. The van der Waals surface area contributed by atoms with Crippen LogP contribution in [-0.4, -0.2) is 30.4 Å². The quantitative estimate of drug-likeness (QED) is 0.515. The highest BCUT2D eigenvalue weighted by Gasteiger charge is 2.21. The Hall–Kier alpha value is -3.94. The maximum Gasteiger partial charge on any atom is 0.374 e. The second-order valence-corrected chi connectivity index (χ2v) is 7.80. The summed E-state index contributed by atoms with van der Waals surface area (Å²) in [5, 5.41) is 5.61. The van der Waals surface area contributed by atoms with E-state index >= 15 is 0 Å². The van der Waals surface area contributed by atoms with E-state index in [0.29, 0.717) is 22.6 Å². The van der Waals surface area contributed by atoms with Gasteiger partial charge in [-0.15, -0.1) is 0 Å². The van der Waals surface area contributed by atoms with E-state index in [9.17, 15) is 18.8 Å². The van der Waals surface area contributed by atoms with Crippen molar-refractivity contribution in [1.82, 2.24) is 5.32 Å². The molecular formula is C25H23FN2O5. The number of carbonyl (C=O) groups excluding carboxylic acids is 3. The molecule has 0 radical (unpaired) electrons. The van der Waals surface area contributed by atoms with Gasteiger partial charge in [-0.3, -0.25) is 9.59 Å². The second-order valence-electron chi connectivity index (χ2n) is 7.80. The number of nitrogens with one attached hydrogen (secondary N) is 2. The lowest BCUT2D eigenvalue weighted by molar-refractivity contribution is -0.119. The summed E-state index contributed by atoms with van der Waals surface area (Å²) >= 11 is 0. The van der Waals surface area contributed by atoms with E-state index in [4.69, 9.17) is 9.15 Å². The van der Waals surface area contributed by atoms with Crippen LogP contribution in [0.4, 0.5) is 10.1 Å². The molecule has 2 amide bonds. The summed E-state index contributed by atoms with van der Waals surface area (Å²) in [6.07, 6.45) is 4.09. The molecule has 0 bridgehead atoms. The number of benzene rings is 2. The Morgan fingerprint density at radius 1 is 0.970 bits per heavy atom. The van der Waals surface area contributed by atoms with Gasteiger partial charge in [-0.05, 0) is 61.4 Å². The average Bonchev–Trinajstić information content (AvgIpc) is 3.51. The Morgan fingerprint density at radius 3 is 2.45 bits per heavy atom. The largest absolute Gasteiger partial charge is 0.450 e. The van der Waals surface area contributed by atoms with E-state index in [1.807, 2.05) is 0 Å². The van der Waals surface area contributed by atoms with Crippen LogP contribution < -0.4 is 10.6 Å². The first-order chi connectivity index (χ1) is 16.0. The monoisotopic (exact) mass is 450 g/mol. The number of esters is 1. The fourth-order valence-electron chi connectivity index (χ4n) is 3.73. The molecular weight excluding hydrogens is 427 g/mol. The molecule has 8 heteroatoms. The van der Waals surface area contributed by atoms with Crippen molar-refractivity contribution in [3.63, 3.8) is 0 Å². The normalized spacial score (nSPS) is 13.5. The molecule has 1 aliphatic rings. The molecule has 1 aliphatic carbocycles. The van der Waals surface area contributed by atoms with E-state index in [-0.39, 0.29) is 23.5 Å². The molecule has 1 saturated carbocycles. The van der Waals surface area contributed by atoms with Gasteiger partial charge in [0.05, 0.1) is 11.3 Å². The molecule has 7 nitrogen and oxygen atoms in total. The van der Waals surface area contributed by atoms with Gasteiger partial charge >= 0.3 is 5.97 Å². The van der Waals surface area contributed by atoms with Gasteiger partial charge in [-0.1, -0.05) is 25.0 Å². The molecule has 0 spiro atoms. The molecule has 0 atom stereocenters. The minimum Gasteiger partial charge on any atom is -0.450 e. The number of furan rings is 1. The van der Waals surface area contributed by atoms with Crippen molar-refractivity contribution >= 4 is 23.5 Å². The standard InChI is InChI=1S/C25H23FN2O5/c26-17-11-9-16(10-12-17)21-13-14-22(33-21)25(31)32-15-23(29)28-20-8-4-3-7-19(20)24(30)27-18-5-1-2-6-18/h3-4,7-14,18H,1-2,5-6,15H2,(H,27,30)(H,28,29). The number of ether oxygens (including phenoxy) is 1.